The minimum atomic E-state index is -0.0135. The Morgan fingerprint density at radius 2 is 2.29 bits per heavy atom. The lowest BCUT2D eigenvalue weighted by atomic mass is 10.1. The van der Waals surface area contributed by atoms with Crippen molar-refractivity contribution >= 4 is 23.5 Å². The smallest absolute Gasteiger partial charge is 0.230 e. The van der Waals surface area contributed by atoms with Crippen LogP contribution in [-0.2, 0) is 9.59 Å². The monoisotopic (exact) mass is 213 g/mol. The van der Waals surface area contributed by atoms with E-state index in [-0.39, 0.29) is 18.1 Å². The molecule has 0 aliphatic carbocycles. The molecule has 0 spiro atoms. The number of rotatable bonds is 5. The maximum absolute atomic E-state index is 11.3. The topological polar surface area (TPSA) is 37.4 Å². The van der Waals surface area contributed by atoms with E-state index in [0.717, 1.165) is 18.1 Å². The molecule has 0 saturated carbocycles. The highest BCUT2D eigenvalue weighted by molar-refractivity contribution is 7.99. The molecule has 0 unspecified atom stereocenters. The molecule has 4 heteroatoms. The first-order valence-electron chi connectivity index (χ1n) is 4.72. The van der Waals surface area contributed by atoms with Crippen molar-refractivity contribution in [2.45, 2.75) is 12.8 Å². The van der Waals surface area contributed by atoms with Crippen molar-refractivity contribution < 1.29 is 9.59 Å². The van der Waals surface area contributed by atoms with Gasteiger partial charge in [-0.1, -0.05) is 6.08 Å². The Morgan fingerprint density at radius 3 is 2.93 bits per heavy atom. The van der Waals surface area contributed by atoms with Crippen LogP contribution in [0.25, 0.3) is 0 Å². The van der Waals surface area contributed by atoms with E-state index in [4.69, 9.17) is 0 Å². The molecule has 78 valence electrons. The van der Waals surface area contributed by atoms with Crippen LogP contribution in [-0.4, -0.2) is 41.2 Å². The summed E-state index contributed by atoms with van der Waals surface area (Å²) in [7, 11) is 0. The summed E-state index contributed by atoms with van der Waals surface area (Å²) in [4.78, 5) is 24.0. The molecule has 3 nitrogen and oxygen atoms in total. The van der Waals surface area contributed by atoms with E-state index in [9.17, 15) is 9.59 Å². The highest BCUT2D eigenvalue weighted by Crippen LogP contribution is 2.09. The molecule has 1 heterocycles. The van der Waals surface area contributed by atoms with Crippen LogP contribution in [0.15, 0.2) is 12.7 Å². The average Bonchev–Trinajstić information content (AvgIpc) is 2.15. The van der Waals surface area contributed by atoms with Crippen molar-refractivity contribution in [3.05, 3.63) is 12.7 Å². The summed E-state index contributed by atoms with van der Waals surface area (Å²) in [5, 5.41) is 0. The molecule has 0 aromatic rings. The van der Waals surface area contributed by atoms with Gasteiger partial charge in [0.2, 0.25) is 5.91 Å². The normalized spacial score (nSPS) is 17.3. The van der Waals surface area contributed by atoms with Gasteiger partial charge in [-0.05, 0) is 0 Å². The Balaban J connectivity index is 2.20. The Kier molecular flexibility index (Phi) is 4.73. The van der Waals surface area contributed by atoms with Crippen molar-refractivity contribution in [1.82, 2.24) is 4.90 Å². The lowest BCUT2D eigenvalue weighted by Gasteiger charge is -2.25. The number of ketones is 1. The Bertz CT molecular complexity index is 240. The third kappa shape index (κ3) is 3.54. The summed E-state index contributed by atoms with van der Waals surface area (Å²) in [6.45, 7) is 4.98. The molecule has 0 aromatic carbocycles. The van der Waals surface area contributed by atoms with Gasteiger partial charge in [-0.2, -0.15) is 11.8 Å². The number of hydrogen-bond acceptors (Lipinski definition) is 3. The van der Waals surface area contributed by atoms with Crippen LogP contribution in [0, 0.1) is 0 Å². The third-order valence-corrected chi connectivity index (χ3v) is 3.05. The first kappa shape index (κ1) is 11.3. The molecule has 1 aliphatic heterocycles. The van der Waals surface area contributed by atoms with Gasteiger partial charge in [-0.3, -0.25) is 9.59 Å². The Hall–Kier alpha value is -0.770. The first-order valence-corrected chi connectivity index (χ1v) is 5.87. The zero-order chi connectivity index (χ0) is 10.4. The minimum Gasteiger partial charge on any atom is -0.341 e. The fourth-order valence-electron chi connectivity index (χ4n) is 1.33. The van der Waals surface area contributed by atoms with Gasteiger partial charge in [-0.25, -0.2) is 0 Å². The van der Waals surface area contributed by atoms with Crippen molar-refractivity contribution in [3.63, 3.8) is 0 Å². The molecule has 1 saturated heterocycles. The van der Waals surface area contributed by atoms with Crippen molar-refractivity contribution in [2.75, 3.05) is 24.6 Å². The van der Waals surface area contributed by atoms with Gasteiger partial charge >= 0.3 is 0 Å². The zero-order valence-corrected chi connectivity index (χ0v) is 9.02. The Morgan fingerprint density at radius 1 is 1.50 bits per heavy atom. The molecular formula is C10H15NO2S. The molecule has 0 bridgehead atoms. The average molecular weight is 213 g/mol. The molecule has 0 aromatic heterocycles. The van der Waals surface area contributed by atoms with Gasteiger partial charge in [0.25, 0.3) is 0 Å². The quantitative estimate of drug-likeness (QED) is 0.390. The summed E-state index contributed by atoms with van der Waals surface area (Å²) in [6, 6.07) is 0. The van der Waals surface area contributed by atoms with E-state index in [2.05, 4.69) is 6.58 Å². The van der Waals surface area contributed by atoms with E-state index in [1.54, 1.807) is 16.7 Å². The van der Waals surface area contributed by atoms with Gasteiger partial charge in [0.1, 0.15) is 5.78 Å². The van der Waals surface area contributed by atoms with Crippen molar-refractivity contribution in [2.24, 2.45) is 0 Å². The van der Waals surface area contributed by atoms with Crippen molar-refractivity contribution in [1.29, 1.82) is 0 Å². The summed E-state index contributed by atoms with van der Waals surface area (Å²) in [5.74, 6) is 1.90. The second-order valence-corrected chi connectivity index (χ2v) is 4.36. The van der Waals surface area contributed by atoms with E-state index in [0.29, 0.717) is 13.0 Å². The molecule has 1 rings (SSSR count). The zero-order valence-electron chi connectivity index (χ0n) is 8.20. The summed E-state index contributed by atoms with van der Waals surface area (Å²) in [6.07, 6.45) is 2.48. The summed E-state index contributed by atoms with van der Waals surface area (Å²) in [5.41, 5.74) is 0. The fraction of sp³-hybridized carbons (Fsp3) is 0.600. The standard InChI is InChI=1S/C10H15NO2S/c1-2-6-14-7-5-11-4-3-9(12)8-10(11)13/h2H,1,3-8H2. The highest BCUT2D eigenvalue weighted by Gasteiger charge is 2.22. The van der Waals surface area contributed by atoms with Gasteiger partial charge in [0.15, 0.2) is 0 Å². The number of nitrogens with zero attached hydrogens (tertiary/aromatic N) is 1. The lowest BCUT2D eigenvalue weighted by Crippen LogP contribution is -2.40. The molecule has 1 aliphatic rings. The van der Waals surface area contributed by atoms with Crippen LogP contribution in [0.2, 0.25) is 0 Å². The number of Topliss-reactive ketones (excluding diaryl/α,β-unsaturated/α-hetero) is 1. The first-order chi connectivity index (χ1) is 6.74. The molecule has 0 atom stereocenters. The van der Waals surface area contributed by atoms with Crippen LogP contribution in [0.3, 0.4) is 0 Å². The molecule has 14 heavy (non-hydrogen) atoms. The molecule has 1 amide bonds. The number of piperidine rings is 1. The van der Waals surface area contributed by atoms with Crippen LogP contribution in [0.1, 0.15) is 12.8 Å². The predicted molar refractivity (Wildman–Crippen MR) is 58.3 cm³/mol. The fourth-order valence-corrected chi connectivity index (χ4v) is 2.01. The Labute approximate surface area is 88.5 Å². The van der Waals surface area contributed by atoms with Crippen LogP contribution < -0.4 is 0 Å². The predicted octanol–water partition coefficient (Wildman–Crippen LogP) is 1.10. The molecule has 0 N–H and O–H groups in total. The van der Waals surface area contributed by atoms with Gasteiger partial charge in [0.05, 0.1) is 6.42 Å². The van der Waals surface area contributed by atoms with E-state index >= 15 is 0 Å². The van der Waals surface area contributed by atoms with E-state index < -0.39 is 0 Å². The molecule has 1 fully saturated rings. The molecule has 0 radical (unpaired) electrons. The number of likely N-dealkylation sites (tertiary alicyclic amines) is 1. The largest absolute Gasteiger partial charge is 0.341 e. The van der Waals surface area contributed by atoms with Gasteiger partial charge < -0.3 is 4.90 Å². The van der Waals surface area contributed by atoms with E-state index in [1.807, 2.05) is 6.08 Å². The van der Waals surface area contributed by atoms with E-state index in [1.165, 1.54) is 0 Å². The number of thioether (sulfide) groups is 1. The van der Waals surface area contributed by atoms with Crippen LogP contribution >= 0.6 is 11.8 Å². The highest BCUT2D eigenvalue weighted by atomic mass is 32.2. The second kappa shape index (κ2) is 5.86. The van der Waals surface area contributed by atoms with Gasteiger partial charge in [0, 0.05) is 31.0 Å². The number of carbonyl (C=O) groups excluding carboxylic acids is 2. The SMILES string of the molecule is C=CCSCCN1CCC(=O)CC1=O. The maximum Gasteiger partial charge on any atom is 0.230 e. The van der Waals surface area contributed by atoms with Crippen molar-refractivity contribution in [3.8, 4) is 0 Å². The number of carbonyl (C=O) groups is 2. The summed E-state index contributed by atoms with van der Waals surface area (Å²) < 4.78 is 0. The number of amides is 1. The second-order valence-electron chi connectivity index (χ2n) is 3.21. The number of hydrogen-bond donors (Lipinski definition) is 0. The maximum atomic E-state index is 11.3. The third-order valence-electron chi connectivity index (χ3n) is 2.10. The molecular weight excluding hydrogens is 198 g/mol. The van der Waals surface area contributed by atoms with Crippen LogP contribution in [0.4, 0.5) is 0 Å². The van der Waals surface area contributed by atoms with Crippen LogP contribution in [0.5, 0.6) is 0 Å². The van der Waals surface area contributed by atoms with Gasteiger partial charge in [-0.15, -0.1) is 6.58 Å². The lowest BCUT2D eigenvalue weighted by molar-refractivity contribution is -0.139. The summed E-state index contributed by atoms with van der Waals surface area (Å²) >= 11 is 1.75. The minimum absolute atomic E-state index is 0.0135.